The van der Waals surface area contributed by atoms with E-state index in [1.54, 1.807) is 6.20 Å². The molecule has 3 aromatic heterocycles. The molecular weight excluding hydrogens is 380 g/mol. The standard InChI is InChI=1S/C22H22N6O2/c29-21(24-14-4-5-14)19-13-28-20(25-19)12-18(26-22(28)27-8-10-30-11-9-27)15-2-1-3-17-16(15)6-7-23-17/h1-3,6-7,12-14,23H,4-5,8-11H2,(H,24,29). The summed E-state index contributed by atoms with van der Waals surface area (Å²) in [5.74, 6) is 0.666. The first kappa shape index (κ1) is 17.5. The molecule has 2 aliphatic rings. The summed E-state index contributed by atoms with van der Waals surface area (Å²) < 4.78 is 7.45. The summed E-state index contributed by atoms with van der Waals surface area (Å²) >= 11 is 0. The number of carbonyl (C=O) groups is 1. The first-order valence-electron chi connectivity index (χ1n) is 10.4. The van der Waals surface area contributed by atoms with Crippen molar-refractivity contribution in [2.45, 2.75) is 18.9 Å². The van der Waals surface area contributed by atoms with Crippen LogP contribution in [0.5, 0.6) is 0 Å². The molecule has 0 bridgehead atoms. The molecular formula is C22H22N6O2. The van der Waals surface area contributed by atoms with Gasteiger partial charge in [0.15, 0.2) is 0 Å². The smallest absolute Gasteiger partial charge is 0.271 e. The minimum Gasteiger partial charge on any atom is -0.378 e. The fraction of sp³-hybridized carbons (Fsp3) is 0.318. The Hall–Kier alpha value is -3.39. The van der Waals surface area contributed by atoms with E-state index in [1.807, 2.05) is 22.7 Å². The van der Waals surface area contributed by atoms with Crippen molar-refractivity contribution in [2.75, 3.05) is 31.2 Å². The van der Waals surface area contributed by atoms with Crippen LogP contribution < -0.4 is 10.2 Å². The summed E-state index contributed by atoms with van der Waals surface area (Å²) in [6.07, 6.45) is 5.83. The normalized spacial score (nSPS) is 17.0. The average molecular weight is 402 g/mol. The summed E-state index contributed by atoms with van der Waals surface area (Å²) in [5, 5.41) is 4.14. The first-order chi connectivity index (χ1) is 14.8. The molecule has 30 heavy (non-hydrogen) atoms. The summed E-state index contributed by atoms with van der Waals surface area (Å²) in [6, 6.07) is 10.5. The monoisotopic (exact) mass is 402 g/mol. The lowest BCUT2D eigenvalue weighted by molar-refractivity contribution is 0.0946. The van der Waals surface area contributed by atoms with Crippen molar-refractivity contribution >= 4 is 28.4 Å². The second-order valence-corrected chi connectivity index (χ2v) is 7.89. The zero-order valence-electron chi connectivity index (χ0n) is 16.5. The van der Waals surface area contributed by atoms with Gasteiger partial charge in [-0.05, 0) is 25.0 Å². The van der Waals surface area contributed by atoms with Gasteiger partial charge in [-0.15, -0.1) is 0 Å². The van der Waals surface area contributed by atoms with Gasteiger partial charge in [0.2, 0.25) is 5.95 Å². The van der Waals surface area contributed by atoms with E-state index >= 15 is 0 Å². The van der Waals surface area contributed by atoms with Crippen LogP contribution in [0.15, 0.2) is 42.7 Å². The Balaban J connectivity index is 1.51. The van der Waals surface area contributed by atoms with Crippen molar-refractivity contribution in [1.29, 1.82) is 0 Å². The molecule has 0 spiro atoms. The van der Waals surface area contributed by atoms with Gasteiger partial charge in [-0.3, -0.25) is 9.20 Å². The number of amides is 1. The highest BCUT2D eigenvalue weighted by molar-refractivity contribution is 5.96. The molecule has 152 valence electrons. The highest BCUT2D eigenvalue weighted by Gasteiger charge is 2.26. The number of nitrogens with one attached hydrogen (secondary N) is 2. The van der Waals surface area contributed by atoms with Crippen molar-refractivity contribution in [3.63, 3.8) is 0 Å². The minimum absolute atomic E-state index is 0.122. The van der Waals surface area contributed by atoms with Crippen molar-refractivity contribution in [3.8, 4) is 11.3 Å². The van der Waals surface area contributed by atoms with Crippen LogP contribution in [0.3, 0.4) is 0 Å². The average Bonchev–Trinajstić information content (AvgIpc) is 3.28. The first-order valence-corrected chi connectivity index (χ1v) is 10.4. The Kier molecular flexibility index (Phi) is 3.98. The third kappa shape index (κ3) is 3.00. The molecule has 4 aromatic rings. The zero-order chi connectivity index (χ0) is 20.1. The summed E-state index contributed by atoms with van der Waals surface area (Å²) in [5.41, 5.74) is 4.09. The molecule has 8 nitrogen and oxygen atoms in total. The van der Waals surface area contributed by atoms with E-state index in [0.29, 0.717) is 24.9 Å². The second-order valence-electron chi connectivity index (χ2n) is 7.89. The molecule has 1 amide bonds. The fourth-order valence-electron chi connectivity index (χ4n) is 4.00. The van der Waals surface area contributed by atoms with Crippen molar-refractivity contribution in [3.05, 3.63) is 48.4 Å². The number of ether oxygens (including phenoxy) is 1. The second kappa shape index (κ2) is 6.84. The molecule has 8 heteroatoms. The SMILES string of the molecule is O=C(NC1CC1)c1cn2c(N3CCOCC3)nc(-c3cccc4[nH]ccc34)cc2n1. The molecule has 6 rings (SSSR count). The predicted molar refractivity (Wildman–Crippen MR) is 114 cm³/mol. The molecule has 0 unspecified atom stereocenters. The molecule has 1 saturated heterocycles. The minimum atomic E-state index is -0.122. The molecule has 2 N–H and O–H groups in total. The quantitative estimate of drug-likeness (QED) is 0.548. The van der Waals surface area contributed by atoms with Gasteiger partial charge in [-0.2, -0.15) is 0 Å². The van der Waals surface area contributed by atoms with Crippen LogP contribution >= 0.6 is 0 Å². The van der Waals surface area contributed by atoms with Crippen LogP contribution in [0.2, 0.25) is 0 Å². The third-order valence-electron chi connectivity index (χ3n) is 5.74. The number of hydrogen-bond donors (Lipinski definition) is 2. The lowest BCUT2D eigenvalue weighted by atomic mass is 10.1. The van der Waals surface area contributed by atoms with E-state index < -0.39 is 0 Å². The number of aromatic nitrogens is 4. The molecule has 1 aliphatic carbocycles. The largest absolute Gasteiger partial charge is 0.378 e. The molecule has 4 heterocycles. The van der Waals surface area contributed by atoms with E-state index in [4.69, 9.17) is 9.72 Å². The summed E-state index contributed by atoms with van der Waals surface area (Å²) in [4.78, 5) is 27.7. The van der Waals surface area contributed by atoms with Crippen molar-refractivity contribution < 1.29 is 9.53 Å². The lowest BCUT2D eigenvalue weighted by Gasteiger charge is -2.28. The van der Waals surface area contributed by atoms with E-state index in [1.165, 1.54) is 0 Å². The highest BCUT2D eigenvalue weighted by atomic mass is 16.5. The third-order valence-corrected chi connectivity index (χ3v) is 5.74. The van der Waals surface area contributed by atoms with Gasteiger partial charge >= 0.3 is 0 Å². The lowest BCUT2D eigenvalue weighted by Crippen LogP contribution is -2.38. The zero-order valence-corrected chi connectivity index (χ0v) is 16.5. The van der Waals surface area contributed by atoms with E-state index in [2.05, 4.69) is 38.4 Å². The van der Waals surface area contributed by atoms with Crippen LogP contribution in [-0.4, -0.2) is 57.6 Å². The number of rotatable bonds is 4. The predicted octanol–water partition coefficient (Wildman–Crippen LogP) is 2.61. The van der Waals surface area contributed by atoms with Gasteiger partial charge in [-0.25, -0.2) is 9.97 Å². The van der Waals surface area contributed by atoms with Crippen LogP contribution in [-0.2, 0) is 4.74 Å². The van der Waals surface area contributed by atoms with Gasteiger partial charge in [0.25, 0.3) is 5.91 Å². The van der Waals surface area contributed by atoms with Crippen molar-refractivity contribution in [1.82, 2.24) is 24.7 Å². The number of aromatic amines is 1. The van der Waals surface area contributed by atoms with Gasteiger partial charge in [0.05, 0.1) is 18.9 Å². The van der Waals surface area contributed by atoms with Crippen LogP contribution in [0.1, 0.15) is 23.3 Å². The number of hydrogen-bond acceptors (Lipinski definition) is 5. The van der Waals surface area contributed by atoms with Crippen molar-refractivity contribution in [2.24, 2.45) is 0 Å². The number of anilines is 1. The maximum absolute atomic E-state index is 12.6. The Bertz CT molecular complexity index is 1250. The maximum Gasteiger partial charge on any atom is 0.271 e. The molecule has 2 fully saturated rings. The Labute approximate surface area is 172 Å². The number of carbonyl (C=O) groups excluding carboxylic acids is 1. The van der Waals surface area contributed by atoms with Gasteiger partial charge < -0.3 is 19.9 Å². The van der Waals surface area contributed by atoms with Crippen LogP contribution in [0.25, 0.3) is 27.8 Å². The number of H-pyrrole nitrogens is 1. The molecule has 1 saturated carbocycles. The molecule has 0 radical (unpaired) electrons. The topological polar surface area (TPSA) is 87.5 Å². The van der Waals surface area contributed by atoms with Gasteiger partial charge in [-0.1, -0.05) is 12.1 Å². The van der Waals surface area contributed by atoms with Crippen LogP contribution in [0.4, 0.5) is 5.95 Å². The summed E-state index contributed by atoms with van der Waals surface area (Å²) in [7, 11) is 0. The van der Waals surface area contributed by atoms with Gasteiger partial charge in [0, 0.05) is 54.1 Å². The number of benzene rings is 1. The molecule has 0 atom stereocenters. The van der Waals surface area contributed by atoms with E-state index in [0.717, 1.165) is 59.7 Å². The molecule has 1 aromatic carbocycles. The van der Waals surface area contributed by atoms with Crippen LogP contribution in [0, 0.1) is 0 Å². The Morgan fingerprint density at radius 2 is 2.03 bits per heavy atom. The highest BCUT2D eigenvalue weighted by Crippen LogP contribution is 2.30. The number of fused-ring (bicyclic) bond motifs is 2. The fourth-order valence-corrected chi connectivity index (χ4v) is 4.00. The molecule has 1 aliphatic heterocycles. The number of nitrogens with zero attached hydrogens (tertiary/aromatic N) is 4. The number of morpholine rings is 1. The van der Waals surface area contributed by atoms with Gasteiger partial charge in [0.1, 0.15) is 11.3 Å². The van der Waals surface area contributed by atoms with E-state index in [9.17, 15) is 4.79 Å². The maximum atomic E-state index is 12.6. The Morgan fingerprint density at radius 3 is 2.87 bits per heavy atom. The number of imidazole rings is 1. The Morgan fingerprint density at radius 1 is 1.17 bits per heavy atom. The summed E-state index contributed by atoms with van der Waals surface area (Å²) in [6.45, 7) is 2.82. The van der Waals surface area contributed by atoms with E-state index in [-0.39, 0.29) is 5.91 Å².